The van der Waals surface area contributed by atoms with E-state index in [0.717, 1.165) is 32.8 Å². The van der Waals surface area contributed by atoms with Crippen LogP contribution >= 0.6 is 0 Å². The smallest absolute Gasteiger partial charge is 0.0594 e. The molecule has 3 heteroatoms. The van der Waals surface area contributed by atoms with Crippen LogP contribution in [0.25, 0.3) is 0 Å². The first-order chi connectivity index (χ1) is 7.64. The summed E-state index contributed by atoms with van der Waals surface area (Å²) < 4.78 is 5.45. The van der Waals surface area contributed by atoms with Gasteiger partial charge >= 0.3 is 0 Å². The Morgan fingerprint density at radius 2 is 1.75 bits per heavy atom. The topological polar surface area (TPSA) is 24.5 Å². The van der Waals surface area contributed by atoms with Crippen molar-refractivity contribution in [3.05, 3.63) is 0 Å². The molecule has 0 amide bonds. The first-order valence-electron chi connectivity index (χ1n) is 6.71. The van der Waals surface area contributed by atoms with E-state index in [1.807, 2.05) is 0 Å². The molecular formula is C13H28N2O. The van der Waals surface area contributed by atoms with E-state index >= 15 is 0 Å². The highest BCUT2D eigenvalue weighted by Gasteiger charge is 2.33. The summed E-state index contributed by atoms with van der Waals surface area (Å²) in [6, 6.07) is 0.568. The largest absolute Gasteiger partial charge is 0.379 e. The van der Waals surface area contributed by atoms with Gasteiger partial charge in [-0.1, -0.05) is 27.7 Å². The second-order valence-corrected chi connectivity index (χ2v) is 5.07. The van der Waals surface area contributed by atoms with Crippen molar-refractivity contribution in [2.75, 3.05) is 32.8 Å². The van der Waals surface area contributed by atoms with Gasteiger partial charge in [-0.15, -0.1) is 0 Å². The van der Waals surface area contributed by atoms with E-state index in [0.29, 0.717) is 11.6 Å². The van der Waals surface area contributed by atoms with Crippen molar-refractivity contribution in [1.82, 2.24) is 10.2 Å². The summed E-state index contributed by atoms with van der Waals surface area (Å²) in [6.07, 6.45) is 2.42. The van der Waals surface area contributed by atoms with E-state index < -0.39 is 0 Å². The van der Waals surface area contributed by atoms with Crippen LogP contribution in [0, 0.1) is 0 Å². The minimum Gasteiger partial charge on any atom is -0.379 e. The quantitative estimate of drug-likeness (QED) is 0.751. The van der Waals surface area contributed by atoms with Gasteiger partial charge in [-0.2, -0.15) is 0 Å². The molecule has 3 nitrogen and oxygen atoms in total. The molecule has 16 heavy (non-hydrogen) atoms. The molecule has 1 heterocycles. The monoisotopic (exact) mass is 228 g/mol. The molecule has 0 atom stereocenters. The molecule has 1 aliphatic heterocycles. The van der Waals surface area contributed by atoms with E-state index in [1.54, 1.807) is 0 Å². The summed E-state index contributed by atoms with van der Waals surface area (Å²) in [7, 11) is 0. The zero-order valence-electron chi connectivity index (χ0n) is 11.4. The molecule has 0 aliphatic carbocycles. The molecular weight excluding hydrogens is 200 g/mol. The number of hydrogen-bond donors (Lipinski definition) is 1. The third kappa shape index (κ3) is 3.44. The molecule has 0 aromatic rings. The van der Waals surface area contributed by atoms with Crippen molar-refractivity contribution in [3.63, 3.8) is 0 Å². The van der Waals surface area contributed by atoms with Crippen LogP contribution in [0.1, 0.15) is 40.5 Å². The van der Waals surface area contributed by atoms with Crippen LogP contribution in [0.5, 0.6) is 0 Å². The molecule has 1 N–H and O–H groups in total. The Balaban J connectivity index is 2.61. The summed E-state index contributed by atoms with van der Waals surface area (Å²) in [5.41, 5.74) is 0.327. The average Bonchev–Trinajstić information content (AvgIpc) is 2.32. The second kappa shape index (κ2) is 6.58. The Morgan fingerprint density at radius 3 is 2.19 bits per heavy atom. The molecule has 0 bridgehead atoms. The minimum absolute atomic E-state index is 0.327. The van der Waals surface area contributed by atoms with Gasteiger partial charge in [0.1, 0.15) is 0 Å². The van der Waals surface area contributed by atoms with Crippen LogP contribution in [0.3, 0.4) is 0 Å². The molecule has 0 unspecified atom stereocenters. The van der Waals surface area contributed by atoms with Gasteiger partial charge in [0.2, 0.25) is 0 Å². The van der Waals surface area contributed by atoms with E-state index in [1.165, 1.54) is 12.8 Å². The molecule has 0 radical (unpaired) electrons. The Kier molecular flexibility index (Phi) is 5.73. The van der Waals surface area contributed by atoms with Gasteiger partial charge in [0, 0.05) is 31.2 Å². The van der Waals surface area contributed by atoms with Crippen LogP contribution in [-0.2, 0) is 4.74 Å². The van der Waals surface area contributed by atoms with Crippen molar-refractivity contribution in [2.45, 2.75) is 52.1 Å². The molecule has 1 aliphatic rings. The normalized spacial score (nSPS) is 19.3. The molecule has 1 rings (SSSR count). The summed E-state index contributed by atoms with van der Waals surface area (Å²) in [5.74, 6) is 0. The summed E-state index contributed by atoms with van der Waals surface area (Å²) >= 11 is 0. The summed E-state index contributed by atoms with van der Waals surface area (Å²) in [6.45, 7) is 14.1. The van der Waals surface area contributed by atoms with Gasteiger partial charge in [-0.05, 0) is 12.8 Å². The van der Waals surface area contributed by atoms with Crippen molar-refractivity contribution in [1.29, 1.82) is 0 Å². The second-order valence-electron chi connectivity index (χ2n) is 5.07. The zero-order valence-corrected chi connectivity index (χ0v) is 11.4. The third-order valence-corrected chi connectivity index (χ3v) is 3.84. The van der Waals surface area contributed by atoms with E-state index in [9.17, 15) is 0 Å². The third-order valence-electron chi connectivity index (χ3n) is 3.84. The van der Waals surface area contributed by atoms with Gasteiger partial charge in [0.05, 0.1) is 13.2 Å². The summed E-state index contributed by atoms with van der Waals surface area (Å²) in [5, 5.41) is 3.60. The van der Waals surface area contributed by atoms with Gasteiger partial charge in [0.25, 0.3) is 0 Å². The number of nitrogens with zero attached hydrogens (tertiary/aromatic N) is 1. The maximum absolute atomic E-state index is 5.45. The molecule has 1 fully saturated rings. The van der Waals surface area contributed by atoms with Gasteiger partial charge < -0.3 is 10.1 Å². The fraction of sp³-hybridized carbons (Fsp3) is 1.00. The van der Waals surface area contributed by atoms with Crippen molar-refractivity contribution in [2.24, 2.45) is 0 Å². The zero-order chi connectivity index (χ0) is 12.0. The number of nitrogens with one attached hydrogen (secondary N) is 1. The number of hydrogen-bond acceptors (Lipinski definition) is 3. The fourth-order valence-corrected chi connectivity index (χ4v) is 2.49. The van der Waals surface area contributed by atoms with Crippen molar-refractivity contribution in [3.8, 4) is 0 Å². The lowest BCUT2D eigenvalue weighted by Gasteiger charge is -2.45. The van der Waals surface area contributed by atoms with Crippen LogP contribution < -0.4 is 5.32 Å². The van der Waals surface area contributed by atoms with Crippen LogP contribution in [0.15, 0.2) is 0 Å². The van der Waals surface area contributed by atoms with E-state index in [2.05, 4.69) is 37.9 Å². The Labute approximate surface area is 101 Å². The van der Waals surface area contributed by atoms with Crippen LogP contribution in [-0.4, -0.2) is 49.3 Å². The summed E-state index contributed by atoms with van der Waals surface area (Å²) in [4.78, 5) is 2.62. The van der Waals surface area contributed by atoms with Gasteiger partial charge in [-0.25, -0.2) is 0 Å². The standard InChI is InChI=1S/C13H28N2O/c1-5-13(6-2,11-14-12(3)4)15-7-9-16-10-8-15/h12,14H,5-11H2,1-4H3. The molecule has 0 aromatic heterocycles. The maximum atomic E-state index is 5.45. The number of morpholine rings is 1. The van der Waals surface area contributed by atoms with E-state index in [4.69, 9.17) is 4.74 Å². The van der Waals surface area contributed by atoms with Gasteiger partial charge in [0.15, 0.2) is 0 Å². The molecule has 1 saturated heterocycles. The molecule has 0 aromatic carbocycles. The highest BCUT2D eigenvalue weighted by atomic mass is 16.5. The average molecular weight is 228 g/mol. The molecule has 0 saturated carbocycles. The van der Waals surface area contributed by atoms with Crippen molar-refractivity contribution < 1.29 is 4.74 Å². The lowest BCUT2D eigenvalue weighted by atomic mass is 9.89. The SMILES string of the molecule is CCC(CC)(CNC(C)C)N1CCOCC1. The number of ether oxygens (including phenoxy) is 1. The first kappa shape index (κ1) is 13.9. The Bertz CT molecular complexity index is 184. The highest BCUT2D eigenvalue weighted by molar-refractivity contribution is 4.92. The highest BCUT2D eigenvalue weighted by Crippen LogP contribution is 2.24. The molecule has 0 spiro atoms. The van der Waals surface area contributed by atoms with Crippen LogP contribution in [0.2, 0.25) is 0 Å². The lowest BCUT2D eigenvalue weighted by molar-refractivity contribution is -0.0265. The predicted octanol–water partition coefficient (Wildman–Crippen LogP) is 1.88. The fourth-order valence-electron chi connectivity index (χ4n) is 2.49. The lowest BCUT2D eigenvalue weighted by Crippen LogP contribution is -2.58. The first-order valence-corrected chi connectivity index (χ1v) is 6.71. The maximum Gasteiger partial charge on any atom is 0.0594 e. The minimum atomic E-state index is 0.327. The molecule has 96 valence electrons. The van der Waals surface area contributed by atoms with Crippen molar-refractivity contribution >= 4 is 0 Å². The predicted molar refractivity (Wildman–Crippen MR) is 68.8 cm³/mol. The number of rotatable bonds is 6. The van der Waals surface area contributed by atoms with Crippen LogP contribution in [0.4, 0.5) is 0 Å². The Hall–Kier alpha value is -0.120. The van der Waals surface area contributed by atoms with Gasteiger partial charge in [-0.3, -0.25) is 4.90 Å². The van der Waals surface area contributed by atoms with E-state index in [-0.39, 0.29) is 0 Å². The Morgan fingerprint density at radius 1 is 1.19 bits per heavy atom.